The van der Waals surface area contributed by atoms with Crippen molar-refractivity contribution in [3.63, 3.8) is 0 Å². The van der Waals surface area contributed by atoms with Gasteiger partial charge in [0.2, 0.25) is 17.8 Å². The lowest BCUT2D eigenvalue weighted by Gasteiger charge is -2.35. The van der Waals surface area contributed by atoms with Crippen molar-refractivity contribution < 1.29 is 32.5 Å². The summed E-state index contributed by atoms with van der Waals surface area (Å²) < 4.78 is 49.9. The predicted octanol–water partition coefficient (Wildman–Crippen LogP) is 7.10. The zero-order valence-electron chi connectivity index (χ0n) is 35.6. The van der Waals surface area contributed by atoms with Crippen molar-refractivity contribution in [1.29, 1.82) is 0 Å². The number of pyridine rings is 1. The lowest BCUT2D eigenvalue weighted by molar-refractivity contribution is -0.134. The number of imide groups is 1. The van der Waals surface area contributed by atoms with Crippen molar-refractivity contribution in [2.24, 2.45) is 0 Å². The van der Waals surface area contributed by atoms with Crippen LogP contribution in [-0.4, -0.2) is 92.3 Å². The SMILES string of the molecule is CCc1cc(Nc2ncc(Br)c(Nc3ccc4nc(C=O)ccc4c3P(C)(C)=O)n2)c(OC)cc1N1CCC(NCCNCCc2cc(F)c(C3CCC(=O)NC3=O)c(F)c2)CC1. The quantitative estimate of drug-likeness (QED) is 0.0276. The van der Waals surface area contributed by atoms with Crippen LogP contribution in [0.5, 0.6) is 5.75 Å². The van der Waals surface area contributed by atoms with Crippen molar-refractivity contribution in [3.05, 3.63) is 93.2 Å². The number of ether oxygens (including phenoxy) is 1. The summed E-state index contributed by atoms with van der Waals surface area (Å²) in [6, 6.07) is 14.0. The highest BCUT2D eigenvalue weighted by Crippen LogP contribution is 2.42. The normalized spacial score (nSPS) is 16.0. The molecule has 2 aromatic heterocycles. The molecule has 2 aliphatic rings. The summed E-state index contributed by atoms with van der Waals surface area (Å²) in [5.41, 5.74) is 4.66. The summed E-state index contributed by atoms with van der Waals surface area (Å²) >= 11 is 3.57. The molecule has 0 radical (unpaired) electrons. The van der Waals surface area contributed by atoms with Gasteiger partial charge in [-0.25, -0.2) is 18.7 Å². The molecule has 2 amide bonds. The third-order valence-corrected chi connectivity index (χ3v) is 13.6. The van der Waals surface area contributed by atoms with Gasteiger partial charge in [0.05, 0.1) is 34.4 Å². The molecule has 2 aliphatic heterocycles. The maximum Gasteiger partial charge on any atom is 0.234 e. The van der Waals surface area contributed by atoms with E-state index in [4.69, 9.17) is 9.72 Å². The Labute approximate surface area is 373 Å². The maximum atomic E-state index is 14.9. The van der Waals surface area contributed by atoms with E-state index in [-0.39, 0.29) is 18.4 Å². The Morgan fingerprint density at radius 1 is 0.968 bits per heavy atom. The number of aryl methyl sites for hydroxylation is 1. The Hall–Kier alpha value is -5.35. The smallest absolute Gasteiger partial charge is 0.234 e. The number of nitrogens with zero attached hydrogens (tertiary/aromatic N) is 4. The molecule has 0 spiro atoms. The monoisotopic (exact) mass is 945 g/mol. The molecule has 2 fully saturated rings. The third kappa shape index (κ3) is 10.7. The molecule has 1 atom stereocenters. The van der Waals surface area contributed by atoms with Gasteiger partial charge in [0.25, 0.3) is 0 Å². The molecule has 3 aromatic carbocycles. The second-order valence-corrected chi connectivity index (χ2v) is 20.1. The number of fused-ring (bicyclic) bond motifs is 1. The van der Waals surface area contributed by atoms with Crippen molar-refractivity contribution in [1.82, 2.24) is 30.9 Å². The van der Waals surface area contributed by atoms with E-state index in [0.717, 1.165) is 50.1 Å². The Bertz CT molecular complexity index is 2560. The largest absolute Gasteiger partial charge is 0.494 e. The Balaban J connectivity index is 0.926. The van der Waals surface area contributed by atoms with Crippen LogP contribution in [0.15, 0.2) is 59.2 Å². The van der Waals surface area contributed by atoms with Crippen LogP contribution >= 0.6 is 23.1 Å². The first kappa shape index (κ1) is 45.7. The van der Waals surface area contributed by atoms with Crippen LogP contribution in [0, 0.1) is 11.6 Å². The minimum Gasteiger partial charge on any atom is -0.494 e. The molecule has 63 heavy (non-hydrogen) atoms. The van der Waals surface area contributed by atoms with Crippen LogP contribution in [-0.2, 0) is 27.0 Å². The van der Waals surface area contributed by atoms with Gasteiger partial charge >= 0.3 is 0 Å². The summed E-state index contributed by atoms with van der Waals surface area (Å²) in [5.74, 6) is -2.20. The molecule has 332 valence electrons. The first-order valence-electron chi connectivity index (χ1n) is 21.0. The summed E-state index contributed by atoms with van der Waals surface area (Å²) in [6.07, 6.45) is 5.58. The zero-order chi connectivity index (χ0) is 44.8. The summed E-state index contributed by atoms with van der Waals surface area (Å²) in [5, 5.41) is 17.1. The molecular weight excluding hydrogens is 895 g/mol. The van der Waals surface area contributed by atoms with Crippen molar-refractivity contribution >= 4 is 86.2 Å². The van der Waals surface area contributed by atoms with E-state index >= 15 is 0 Å². The number of hydrogen-bond acceptors (Lipinski definition) is 13. The van der Waals surface area contributed by atoms with E-state index in [9.17, 15) is 27.7 Å². The van der Waals surface area contributed by atoms with Gasteiger partial charge in [-0.05, 0) is 121 Å². The molecule has 0 saturated carbocycles. The van der Waals surface area contributed by atoms with E-state index in [2.05, 4.69) is 76.4 Å². The molecule has 5 aromatic rings. The van der Waals surface area contributed by atoms with Gasteiger partial charge in [0.1, 0.15) is 36.0 Å². The fourth-order valence-corrected chi connectivity index (χ4v) is 10.1. The molecule has 4 heterocycles. The van der Waals surface area contributed by atoms with Gasteiger partial charge in [0, 0.05) is 72.8 Å². The molecule has 1 unspecified atom stereocenters. The lowest BCUT2D eigenvalue weighted by Crippen LogP contribution is -2.44. The zero-order valence-corrected chi connectivity index (χ0v) is 38.1. The standard InChI is InChI=1S/C45H51BrF2N9O5P/c1-5-27-22-37(54-45-51-24-32(46)43(56-45)53-36-10-9-35-30(42(36)63(3,4)61)7-6-29(25-58)52-35)39(62-2)23-38(27)57-18-13-28(14-19-57)50-17-16-49-15-12-26-20-33(47)41(34(48)21-26)31-8-11-40(59)55-44(31)60/h6-7,9-10,20-25,28,31,49-50H,5,8,11-19H2,1-4H3,(H,55,59,60)(H2,51,53,54,56). The summed E-state index contributed by atoms with van der Waals surface area (Å²) in [6.45, 7) is 9.20. The molecule has 0 aliphatic carbocycles. The van der Waals surface area contributed by atoms with Gasteiger partial charge in [-0.3, -0.25) is 19.7 Å². The van der Waals surface area contributed by atoms with Crippen LogP contribution in [0.1, 0.15) is 65.7 Å². The molecule has 5 N–H and O–H groups in total. The number of carbonyl (C=O) groups is 3. The second kappa shape index (κ2) is 20.0. The fraction of sp³-hybridized carbons (Fsp3) is 0.378. The number of anilines is 5. The molecule has 2 saturated heterocycles. The first-order chi connectivity index (χ1) is 30.3. The molecule has 14 nitrogen and oxygen atoms in total. The Morgan fingerprint density at radius 3 is 2.41 bits per heavy atom. The summed E-state index contributed by atoms with van der Waals surface area (Å²) in [7, 11) is -1.20. The maximum absolute atomic E-state index is 14.9. The van der Waals surface area contributed by atoms with Gasteiger partial charge in [-0.15, -0.1) is 0 Å². The van der Waals surface area contributed by atoms with E-state index in [1.165, 1.54) is 12.1 Å². The lowest BCUT2D eigenvalue weighted by atomic mass is 9.89. The average molecular weight is 947 g/mol. The van der Waals surface area contributed by atoms with E-state index < -0.39 is 36.5 Å². The first-order valence-corrected chi connectivity index (χ1v) is 24.4. The number of hydrogen-bond donors (Lipinski definition) is 5. The van der Waals surface area contributed by atoms with E-state index in [1.807, 2.05) is 0 Å². The van der Waals surface area contributed by atoms with Gasteiger partial charge < -0.3 is 35.5 Å². The average Bonchev–Trinajstić information content (AvgIpc) is 3.25. The minimum atomic E-state index is -2.83. The number of methoxy groups -OCH3 is 1. The molecule has 18 heteroatoms. The van der Waals surface area contributed by atoms with Crippen LogP contribution in [0.25, 0.3) is 10.9 Å². The molecule has 0 bridgehead atoms. The van der Waals surface area contributed by atoms with Crippen molar-refractivity contribution in [2.45, 2.75) is 57.4 Å². The predicted molar refractivity (Wildman–Crippen MR) is 246 cm³/mol. The number of nitrogens with one attached hydrogen (secondary N) is 5. The topological polar surface area (TPSA) is 180 Å². The fourth-order valence-electron chi connectivity index (χ4n) is 8.30. The van der Waals surface area contributed by atoms with Gasteiger partial charge in [-0.2, -0.15) is 4.98 Å². The number of aldehydes is 1. The second-order valence-electron chi connectivity index (χ2n) is 16.1. The van der Waals surface area contributed by atoms with E-state index in [0.29, 0.717) is 92.7 Å². The third-order valence-electron chi connectivity index (χ3n) is 11.4. The minimum absolute atomic E-state index is 0.0517. The van der Waals surface area contributed by atoms with Crippen LogP contribution < -0.4 is 41.5 Å². The summed E-state index contributed by atoms with van der Waals surface area (Å²) in [4.78, 5) is 51.1. The Kier molecular flexibility index (Phi) is 14.5. The number of carbonyl (C=O) groups excluding carboxylic acids is 3. The Morgan fingerprint density at radius 2 is 1.73 bits per heavy atom. The highest BCUT2D eigenvalue weighted by atomic mass is 79.9. The number of amides is 2. The van der Waals surface area contributed by atoms with Crippen LogP contribution in [0.4, 0.5) is 37.6 Å². The highest BCUT2D eigenvalue weighted by molar-refractivity contribution is 9.10. The van der Waals surface area contributed by atoms with Gasteiger partial charge in [-0.1, -0.05) is 6.92 Å². The number of aromatic nitrogens is 3. The number of benzene rings is 3. The molecule has 7 rings (SSSR count). The number of piperidine rings is 2. The number of rotatable bonds is 17. The number of halogens is 3. The molecular formula is C45H51BrF2N9O5P. The van der Waals surface area contributed by atoms with Crippen molar-refractivity contribution in [3.8, 4) is 5.75 Å². The van der Waals surface area contributed by atoms with Crippen LogP contribution in [0.3, 0.4) is 0 Å². The highest BCUT2D eigenvalue weighted by Gasteiger charge is 2.32. The van der Waals surface area contributed by atoms with E-state index in [1.54, 1.807) is 50.9 Å². The van der Waals surface area contributed by atoms with Gasteiger partial charge in [0.15, 0.2) is 6.29 Å². The van der Waals surface area contributed by atoms with Crippen molar-refractivity contribution in [2.75, 3.05) is 68.7 Å². The van der Waals surface area contributed by atoms with Crippen LogP contribution in [0.2, 0.25) is 0 Å².